The van der Waals surface area contributed by atoms with Crippen molar-refractivity contribution < 1.29 is 19.4 Å². The van der Waals surface area contributed by atoms with Gasteiger partial charge in [0.25, 0.3) is 0 Å². The van der Waals surface area contributed by atoms with Gasteiger partial charge in [0.05, 0.1) is 5.56 Å². The van der Waals surface area contributed by atoms with E-state index in [-0.39, 0.29) is 6.09 Å². The number of ether oxygens (including phenoxy) is 1. The minimum atomic E-state index is -0.915. The smallest absolute Gasteiger partial charge is 0.410 e. The highest BCUT2D eigenvalue weighted by Gasteiger charge is 2.33. The first kappa shape index (κ1) is 15.4. The molecule has 0 spiro atoms. The number of carbonyl (C=O) groups excluding carboxylic acids is 1. The Balaban J connectivity index is 1.80. The molecule has 1 aromatic carbocycles. The topological polar surface area (TPSA) is 66.8 Å². The van der Waals surface area contributed by atoms with Gasteiger partial charge < -0.3 is 14.7 Å². The molecule has 1 saturated heterocycles. The number of carboxylic acid groups (broad SMARTS) is 1. The van der Waals surface area contributed by atoms with Gasteiger partial charge in [-0.1, -0.05) is 12.1 Å². The summed E-state index contributed by atoms with van der Waals surface area (Å²) in [5.74, 6) is -0.505. The Labute approximate surface area is 124 Å². The lowest BCUT2D eigenvalue weighted by Crippen LogP contribution is -2.52. The van der Waals surface area contributed by atoms with Crippen LogP contribution in [-0.2, 0) is 11.2 Å². The van der Waals surface area contributed by atoms with Crippen molar-refractivity contribution in [1.29, 1.82) is 0 Å². The molecule has 0 bridgehead atoms. The molecule has 1 heterocycles. The van der Waals surface area contributed by atoms with Gasteiger partial charge in [0.15, 0.2) is 0 Å². The van der Waals surface area contributed by atoms with Gasteiger partial charge in [0.1, 0.15) is 5.60 Å². The monoisotopic (exact) mass is 291 g/mol. The van der Waals surface area contributed by atoms with Crippen LogP contribution in [0.4, 0.5) is 4.79 Å². The first-order chi connectivity index (χ1) is 9.74. The average molecular weight is 291 g/mol. The van der Waals surface area contributed by atoms with Crippen molar-refractivity contribution in [1.82, 2.24) is 4.90 Å². The highest BCUT2D eigenvalue weighted by molar-refractivity contribution is 5.87. The molecule has 2 rings (SSSR count). The van der Waals surface area contributed by atoms with Crippen LogP contribution in [0.5, 0.6) is 0 Å². The Morgan fingerprint density at radius 3 is 2.29 bits per heavy atom. The van der Waals surface area contributed by atoms with E-state index < -0.39 is 11.6 Å². The summed E-state index contributed by atoms with van der Waals surface area (Å²) in [5.41, 5.74) is 0.922. The number of aromatic carboxylic acids is 1. The number of carbonyl (C=O) groups is 2. The molecule has 0 aromatic heterocycles. The summed E-state index contributed by atoms with van der Waals surface area (Å²) < 4.78 is 5.30. The molecule has 1 fully saturated rings. The molecule has 0 unspecified atom stereocenters. The highest BCUT2D eigenvalue weighted by atomic mass is 16.6. The molecule has 1 aliphatic heterocycles. The molecular weight excluding hydrogens is 270 g/mol. The summed E-state index contributed by atoms with van der Waals surface area (Å²) in [5, 5.41) is 8.85. The van der Waals surface area contributed by atoms with E-state index in [4.69, 9.17) is 9.84 Å². The third-order valence-corrected chi connectivity index (χ3v) is 3.33. The molecule has 0 radical (unpaired) electrons. The number of likely N-dealkylation sites (tertiary alicyclic amines) is 1. The number of hydrogen-bond donors (Lipinski definition) is 1. The van der Waals surface area contributed by atoms with Gasteiger partial charge in [-0.15, -0.1) is 0 Å². The maximum absolute atomic E-state index is 11.8. The van der Waals surface area contributed by atoms with Gasteiger partial charge in [-0.3, -0.25) is 0 Å². The van der Waals surface area contributed by atoms with Crippen LogP contribution in [0.1, 0.15) is 36.7 Å². The minimum Gasteiger partial charge on any atom is -0.478 e. The molecular formula is C16H21NO4. The Hall–Kier alpha value is -2.04. The van der Waals surface area contributed by atoms with E-state index in [0.717, 1.165) is 12.0 Å². The van der Waals surface area contributed by atoms with Gasteiger partial charge in [-0.05, 0) is 50.8 Å². The number of benzene rings is 1. The largest absolute Gasteiger partial charge is 0.478 e. The molecule has 5 heteroatoms. The van der Waals surface area contributed by atoms with Crippen molar-refractivity contribution in [3.63, 3.8) is 0 Å². The van der Waals surface area contributed by atoms with Crippen LogP contribution in [0.15, 0.2) is 24.3 Å². The molecule has 1 aliphatic rings. The van der Waals surface area contributed by atoms with Crippen LogP contribution in [-0.4, -0.2) is 40.8 Å². The maximum atomic E-state index is 11.8. The lowest BCUT2D eigenvalue weighted by molar-refractivity contribution is -0.000895. The molecule has 1 aromatic rings. The lowest BCUT2D eigenvalue weighted by atomic mass is 9.92. The summed E-state index contributed by atoms with van der Waals surface area (Å²) >= 11 is 0. The Bertz CT molecular complexity index is 524. The van der Waals surface area contributed by atoms with E-state index >= 15 is 0 Å². The fourth-order valence-corrected chi connectivity index (χ4v) is 2.29. The zero-order valence-corrected chi connectivity index (χ0v) is 12.6. The van der Waals surface area contributed by atoms with Crippen LogP contribution in [0.2, 0.25) is 0 Å². The van der Waals surface area contributed by atoms with Crippen molar-refractivity contribution in [3.8, 4) is 0 Å². The summed E-state index contributed by atoms with van der Waals surface area (Å²) in [4.78, 5) is 24.3. The molecule has 0 saturated carbocycles. The van der Waals surface area contributed by atoms with Crippen molar-refractivity contribution in [2.45, 2.75) is 32.8 Å². The molecule has 21 heavy (non-hydrogen) atoms. The third-order valence-electron chi connectivity index (χ3n) is 3.33. The number of rotatable bonds is 3. The number of amides is 1. The van der Waals surface area contributed by atoms with Gasteiger partial charge in [-0.2, -0.15) is 0 Å². The van der Waals surface area contributed by atoms with Crippen LogP contribution in [0.25, 0.3) is 0 Å². The van der Waals surface area contributed by atoms with Crippen LogP contribution in [0.3, 0.4) is 0 Å². The molecule has 5 nitrogen and oxygen atoms in total. The second kappa shape index (κ2) is 5.76. The fourth-order valence-electron chi connectivity index (χ4n) is 2.29. The summed E-state index contributed by atoms with van der Waals surface area (Å²) in [6.07, 6.45) is 0.583. The number of hydrogen-bond acceptors (Lipinski definition) is 3. The van der Waals surface area contributed by atoms with E-state index in [1.54, 1.807) is 17.0 Å². The second-order valence-electron chi connectivity index (χ2n) is 6.46. The molecule has 0 aliphatic carbocycles. The van der Waals surface area contributed by atoms with E-state index in [1.165, 1.54) is 0 Å². The van der Waals surface area contributed by atoms with Crippen LogP contribution >= 0.6 is 0 Å². The lowest BCUT2D eigenvalue weighted by Gasteiger charge is -2.39. The Kier molecular flexibility index (Phi) is 4.21. The second-order valence-corrected chi connectivity index (χ2v) is 6.46. The molecule has 114 valence electrons. The van der Waals surface area contributed by atoms with Crippen molar-refractivity contribution in [2.24, 2.45) is 5.92 Å². The van der Waals surface area contributed by atoms with E-state index in [0.29, 0.717) is 24.6 Å². The minimum absolute atomic E-state index is 0.264. The van der Waals surface area contributed by atoms with Crippen molar-refractivity contribution >= 4 is 12.1 Å². The zero-order valence-electron chi connectivity index (χ0n) is 12.6. The fraction of sp³-hybridized carbons (Fsp3) is 0.500. The SMILES string of the molecule is CC(C)(C)OC(=O)N1CC(Cc2ccc(C(=O)O)cc2)C1. The van der Waals surface area contributed by atoms with E-state index in [9.17, 15) is 9.59 Å². The number of carboxylic acids is 1. The van der Waals surface area contributed by atoms with Crippen LogP contribution < -0.4 is 0 Å². The predicted molar refractivity (Wildman–Crippen MR) is 78.4 cm³/mol. The van der Waals surface area contributed by atoms with Crippen molar-refractivity contribution in [3.05, 3.63) is 35.4 Å². The Morgan fingerprint density at radius 2 is 1.81 bits per heavy atom. The summed E-state index contributed by atoms with van der Waals surface area (Å²) in [6.45, 7) is 6.94. The standard InChI is InChI=1S/C16H21NO4/c1-16(2,3)21-15(20)17-9-12(10-17)8-11-4-6-13(7-5-11)14(18)19/h4-7,12H,8-10H2,1-3H3,(H,18,19). The van der Waals surface area contributed by atoms with Gasteiger partial charge in [0, 0.05) is 13.1 Å². The maximum Gasteiger partial charge on any atom is 0.410 e. The zero-order chi connectivity index (χ0) is 15.6. The average Bonchev–Trinajstić information content (AvgIpc) is 2.31. The van der Waals surface area contributed by atoms with E-state index in [2.05, 4.69) is 0 Å². The molecule has 0 atom stereocenters. The quantitative estimate of drug-likeness (QED) is 0.930. The van der Waals surface area contributed by atoms with Crippen LogP contribution in [0, 0.1) is 5.92 Å². The summed E-state index contributed by atoms with van der Waals surface area (Å²) in [7, 11) is 0. The van der Waals surface area contributed by atoms with E-state index in [1.807, 2.05) is 32.9 Å². The number of nitrogens with zero attached hydrogens (tertiary/aromatic N) is 1. The van der Waals surface area contributed by atoms with Gasteiger partial charge in [0.2, 0.25) is 0 Å². The Morgan fingerprint density at radius 1 is 1.24 bits per heavy atom. The highest BCUT2D eigenvalue weighted by Crippen LogP contribution is 2.23. The van der Waals surface area contributed by atoms with Crippen molar-refractivity contribution in [2.75, 3.05) is 13.1 Å². The first-order valence-corrected chi connectivity index (χ1v) is 7.05. The predicted octanol–water partition coefficient (Wildman–Crippen LogP) is 2.79. The van der Waals surface area contributed by atoms with Gasteiger partial charge >= 0.3 is 12.1 Å². The summed E-state index contributed by atoms with van der Waals surface area (Å²) in [6, 6.07) is 6.89. The first-order valence-electron chi connectivity index (χ1n) is 7.05. The molecule has 1 amide bonds. The normalized spacial score (nSPS) is 15.5. The molecule has 1 N–H and O–H groups in total. The van der Waals surface area contributed by atoms with Gasteiger partial charge in [-0.25, -0.2) is 9.59 Å². The third kappa shape index (κ3) is 4.21.